The van der Waals surface area contributed by atoms with Crippen LogP contribution in [-0.4, -0.2) is 46.6 Å². The maximum Gasteiger partial charge on any atom is 0.243 e. The molecule has 154 valence electrons. The van der Waals surface area contributed by atoms with Crippen LogP contribution in [0.3, 0.4) is 0 Å². The Kier molecular flexibility index (Phi) is 7.28. The third kappa shape index (κ3) is 4.80. The van der Waals surface area contributed by atoms with E-state index in [0.29, 0.717) is 16.6 Å². The van der Waals surface area contributed by atoms with Gasteiger partial charge in [-0.05, 0) is 48.1 Å². The van der Waals surface area contributed by atoms with Crippen molar-refractivity contribution in [2.45, 2.75) is 24.8 Å². The van der Waals surface area contributed by atoms with Crippen molar-refractivity contribution in [2.24, 2.45) is 0 Å². The Morgan fingerprint density at radius 1 is 1.34 bits per heavy atom. The van der Waals surface area contributed by atoms with Crippen molar-refractivity contribution in [1.82, 2.24) is 9.80 Å². The van der Waals surface area contributed by atoms with Crippen LogP contribution >= 0.6 is 46.1 Å². The van der Waals surface area contributed by atoms with Crippen molar-refractivity contribution in [2.75, 3.05) is 19.6 Å². The third-order valence-electron chi connectivity index (χ3n) is 4.87. The van der Waals surface area contributed by atoms with Crippen LogP contribution in [0.15, 0.2) is 42.3 Å². The second-order valence-electron chi connectivity index (χ2n) is 6.83. The number of nitrogens with zero attached hydrogens (tertiary/aromatic N) is 2. The highest BCUT2D eigenvalue weighted by Gasteiger charge is 2.35. The maximum atomic E-state index is 13.3. The number of halogens is 3. The fourth-order valence-corrected chi connectivity index (χ4v) is 5.09. The number of carbonyl (C=O) groups is 2. The highest BCUT2D eigenvalue weighted by Crippen LogP contribution is 2.41. The summed E-state index contributed by atoms with van der Waals surface area (Å²) in [4.78, 5) is 30.1. The summed E-state index contributed by atoms with van der Waals surface area (Å²) in [6.45, 7) is 6.01. The summed E-state index contributed by atoms with van der Waals surface area (Å²) >= 11 is 20.2. The molecule has 8 heteroatoms. The summed E-state index contributed by atoms with van der Waals surface area (Å²) < 4.78 is 0. The molecular formula is C21H21Cl3N2O2S. The van der Waals surface area contributed by atoms with Crippen molar-refractivity contribution >= 4 is 58.0 Å². The first-order valence-corrected chi connectivity index (χ1v) is 11.2. The highest BCUT2D eigenvalue weighted by atomic mass is 35.5. The van der Waals surface area contributed by atoms with Gasteiger partial charge in [0.15, 0.2) is 0 Å². The molecule has 1 aromatic carbocycles. The van der Waals surface area contributed by atoms with Crippen LogP contribution in [0, 0.1) is 0 Å². The van der Waals surface area contributed by atoms with E-state index < -0.39 is 5.38 Å². The Morgan fingerprint density at radius 2 is 2.10 bits per heavy atom. The first-order valence-electron chi connectivity index (χ1n) is 9.18. The Bertz CT molecular complexity index is 928. The number of thiophene rings is 1. The Balaban J connectivity index is 1.95. The average molecular weight is 472 g/mol. The van der Waals surface area contributed by atoms with E-state index in [0.717, 1.165) is 17.5 Å². The van der Waals surface area contributed by atoms with Gasteiger partial charge in [0.2, 0.25) is 11.8 Å². The lowest BCUT2D eigenvalue weighted by atomic mass is 9.93. The molecule has 1 aliphatic rings. The molecule has 2 heterocycles. The second-order valence-corrected chi connectivity index (χ2v) is 9.33. The maximum absolute atomic E-state index is 13.3. The van der Waals surface area contributed by atoms with Gasteiger partial charge in [-0.2, -0.15) is 0 Å². The van der Waals surface area contributed by atoms with Gasteiger partial charge in [0, 0.05) is 28.0 Å². The number of rotatable bonds is 6. The summed E-state index contributed by atoms with van der Waals surface area (Å²) in [5.74, 6) is -0.459. The highest BCUT2D eigenvalue weighted by molar-refractivity contribution is 7.10. The van der Waals surface area contributed by atoms with E-state index in [2.05, 4.69) is 6.58 Å². The minimum atomic E-state index is -0.714. The van der Waals surface area contributed by atoms with Crippen LogP contribution in [0.2, 0.25) is 10.0 Å². The molecule has 2 atom stereocenters. The molecule has 0 saturated heterocycles. The lowest BCUT2D eigenvalue weighted by Crippen LogP contribution is -2.48. The molecule has 1 aromatic heterocycles. The van der Waals surface area contributed by atoms with E-state index in [4.69, 9.17) is 34.8 Å². The lowest BCUT2D eigenvalue weighted by molar-refractivity contribution is -0.141. The van der Waals surface area contributed by atoms with Crippen LogP contribution in [-0.2, 0) is 16.0 Å². The summed E-state index contributed by atoms with van der Waals surface area (Å²) in [6, 6.07) is 7.02. The summed E-state index contributed by atoms with van der Waals surface area (Å²) in [5, 5.41) is 2.36. The molecule has 4 nitrogen and oxygen atoms in total. The number of alkyl halides is 1. The number of amides is 2. The predicted octanol–water partition coefficient (Wildman–Crippen LogP) is 5.17. The van der Waals surface area contributed by atoms with Gasteiger partial charge in [-0.15, -0.1) is 29.5 Å². The Morgan fingerprint density at radius 3 is 2.76 bits per heavy atom. The zero-order valence-electron chi connectivity index (χ0n) is 15.9. The first kappa shape index (κ1) is 22.2. The molecular weight excluding hydrogens is 451 g/mol. The van der Waals surface area contributed by atoms with Gasteiger partial charge in [0.25, 0.3) is 0 Å². The summed E-state index contributed by atoms with van der Waals surface area (Å²) in [7, 11) is 0. The van der Waals surface area contributed by atoms with Gasteiger partial charge >= 0.3 is 0 Å². The quantitative estimate of drug-likeness (QED) is 0.431. The monoisotopic (exact) mass is 470 g/mol. The summed E-state index contributed by atoms with van der Waals surface area (Å²) in [5.41, 5.74) is 1.88. The normalized spacial score (nSPS) is 16.8. The minimum Gasteiger partial charge on any atom is -0.330 e. The van der Waals surface area contributed by atoms with Gasteiger partial charge < -0.3 is 9.80 Å². The van der Waals surface area contributed by atoms with Gasteiger partial charge in [0.1, 0.15) is 11.9 Å². The van der Waals surface area contributed by atoms with Crippen LogP contribution in [0.1, 0.15) is 29.0 Å². The minimum absolute atomic E-state index is 0.0664. The van der Waals surface area contributed by atoms with Crippen molar-refractivity contribution in [3.8, 4) is 0 Å². The van der Waals surface area contributed by atoms with E-state index in [-0.39, 0.29) is 30.9 Å². The van der Waals surface area contributed by atoms with E-state index in [1.165, 1.54) is 9.78 Å². The standard InChI is InChI=1S/C21H21Cl3N2O2S/c1-3-8-25(21(28)13(2)22)12-19(27)26-9-6-18-16(7-10-29-18)20(26)15-5-4-14(23)11-17(15)24/h3-5,7,10-11,13,20H,1,6,8-9,12H2,2H3. The van der Waals surface area contributed by atoms with Crippen molar-refractivity contribution in [1.29, 1.82) is 0 Å². The fraction of sp³-hybridized carbons (Fsp3) is 0.333. The molecule has 2 unspecified atom stereocenters. The smallest absolute Gasteiger partial charge is 0.243 e. The molecule has 0 radical (unpaired) electrons. The first-order chi connectivity index (χ1) is 13.8. The Hall–Kier alpha value is -1.53. The molecule has 29 heavy (non-hydrogen) atoms. The molecule has 3 rings (SSSR count). The average Bonchev–Trinajstić information content (AvgIpc) is 3.15. The van der Waals surface area contributed by atoms with Crippen molar-refractivity contribution < 1.29 is 9.59 Å². The molecule has 0 saturated carbocycles. The number of fused-ring (bicyclic) bond motifs is 1. The van der Waals surface area contributed by atoms with Crippen molar-refractivity contribution in [3.05, 3.63) is 68.3 Å². The Labute approximate surface area is 189 Å². The largest absolute Gasteiger partial charge is 0.330 e. The number of carbonyl (C=O) groups excluding carboxylic acids is 2. The number of hydrogen-bond acceptors (Lipinski definition) is 3. The SMILES string of the molecule is C=CCN(CC(=O)N1CCc2sccc2C1c1ccc(Cl)cc1Cl)C(=O)C(C)Cl. The predicted molar refractivity (Wildman–Crippen MR) is 120 cm³/mol. The molecule has 2 aromatic rings. The lowest BCUT2D eigenvalue weighted by Gasteiger charge is -2.38. The fourth-order valence-electron chi connectivity index (χ4n) is 3.54. The molecule has 0 N–H and O–H groups in total. The molecule has 2 amide bonds. The summed E-state index contributed by atoms with van der Waals surface area (Å²) in [6.07, 6.45) is 2.35. The van der Waals surface area contributed by atoms with Crippen LogP contribution in [0.5, 0.6) is 0 Å². The van der Waals surface area contributed by atoms with Gasteiger partial charge in [-0.1, -0.05) is 35.3 Å². The number of benzene rings is 1. The van der Waals surface area contributed by atoms with Gasteiger partial charge in [-0.25, -0.2) is 0 Å². The zero-order valence-corrected chi connectivity index (χ0v) is 19.0. The van der Waals surface area contributed by atoms with Gasteiger partial charge in [-0.3, -0.25) is 9.59 Å². The van der Waals surface area contributed by atoms with E-state index in [1.807, 2.05) is 17.5 Å². The third-order valence-corrected chi connectivity index (χ3v) is 6.62. The molecule has 0 fully saturated rings. The van der Waals surface area contributed by atoms with Crippen LogP contribution in [0.4, 0.5) is 0 Å². The van der Waals surface area contributed by atoms with E-state index >= 15 is 0 Å². The number of hydrogen-bond donors (Lipinski definition) is 0. The van der Waals surface area contributed by atoms with Crippen molar-refractivity contribution in [3.63, 3.8) is 0 Å². The topological polar surface area (TPSA) is 40.6 Å². The van der Waals surface area contributed by atoms with Crippen LogP contribution < -0.4 is 0 Å². The molecule has 0 aliphatic carbocycles. The van der Waals surface area contributed by atoms with E-state index in [9.17, 15) is 9.59 Å². The molecule has 1 aliphatic heterocycles. The second kappa shape index (κ2) is 9.52. The van der Waals surface area contributed by atoms with E-state index in [1.54, 1.807) is 41.4 Å². The van der Waals surface area contributed by atoms with Gasteiger partial charge in [0.05, 0.1) is 6.04 Å². The van der Waals surface area contributed by atoms with Crippen LogP contribution in [0.25, 0.3) is 0 Å². The molecule has 0 spiro atoms. The molecule has 0 bridgehead atoms. The zero-order chi connectivity index (χ0) is 21.1.